The zero-order valence-electron chi connectivity index (χ0n) is 12.1. The number of pyridine rings is 1. The standard InChI is InChI=1S/C18H16N2S/c1-18(2)11-14-7-9-21-17(14)16(20-18)13-5-6-15-12(10-13)4-3-8-19-15/h3-10H,11H2,1-2H3. The van der Waals surface area contributed by atoms with E-state index in [1.165, 1.54) is 21.4 Å². The van der Waals surface area contributed by atoms with Crippen molar-refractivity contribution < 1.29 is 0 Å². The summed E-state index contributed by atoms with van der Waals surface area (Å²) in [6, 6.07) is 12.7. The van der Waals surface area contributed by atoms with Gasteiger partial charge in [-0.1, -0.05) is 12.1 Å². The first kappa shape index (κ1) is 12.7. The summed E-state index contributed by atoms with van der Waals surface area (Å²) in [5, 5.41) is 3.34. The molecule has 0 aliphatic carbocycles. The smallest absolute Gasteiger partial charge is 0.0828 e. The summed E-state index contributed by atoms with van der Waals surface area (Å²) in [5.41, 5.74) is 4.73. The second kappa shape index (κ2) is 4.50. The second-order valence-corrected chi connectivity index (χ2v) is 7.05. The molecule has 1 aliphatic rings. The summed E-state index contributed by atoms with van der Waals surface area (Å²) < 4.78 is 0. The van der Waals surface area contributed by atoms with E-state index in [1.54, 1.807) is 11.3 Å². The lowest BCUT2D eigenvalue weighted by atomic mass is 9.89. The second-order valence-electron chi connectivity index (χ2n) is 6.14. The molecule has 2 nitrogen and oxygen atoms in total. The van der Waals surface area contributed by atoms with Crippen LogP contribution in [0.15, 0.2) is 53.0 Å². The highest BCUT2D eigenvalue weighted by molar-refractivity contribution is 7.12. The predicted octanol–water partition coefficient (Wildman–Crippen LogP) is 4.47. The van der Waals surface area contributed by atoms with E-state index in [9.17, 15) is 0 Å². The SMILES string of the molecule is CC1(C)Cc2ccsc2C(c2ccc3ncccc3c2)=N1. The van der Waals surface area contributed by atoms with Gasteiger partial charge in [-0.25, -0.2) is 0 Å². The molecule has 1 aromatic carbocycles. The first-order valence-electron chi connectivity index (χ1n) is 7.14. The van der Waals surface area contributed by atoms with Crippen molar-refractivity contribution in [2.45, 2.75) is 25.8 Å². The van der Waals surface area contributed by atoms with Gasteiger partial charge in [0.15, 0.2) is 0 Å². The molecule has 4 rings (SSSR count). The third-order valence-electron chi connectivity index (χ3n) is 3.88. The van der Waals surface area contributed by atoms with Gasteiger partial charge in [-0.05, 0) is 55.5 Å². The van der Waals surface area contributed by atoms with E-state index in [2.05, 4.69) is 54.5 Å². The molecule has 0 bridgehead atoms. The normalized spacial score (nSPS) is 16.6. The van der Waals surface area contributed by atoms with E-state index in [0.29, 0.717) is 0 Å². The Labute approximate surface area is 128 Å². The fraction of sp³-hybridized carbons (Fsp3) is 0.222. The topological polar surface area (TPSA) is 25.2 Å². The Kier molecular flexibility index (Phi) is 2.73. The van der Waals surface area contributed by atoms with Gasteiger partial charge in [0.25, 0.3) is 0 Å². The van der Waals surface area contributed by atoms with Crippen molar-refractivity contribution in [3.8, 4) is 0 Å². The number of aliphatic imine (C=N–C) groups is 1. The average Bonchev–Trinajstić information content (AvgIpc) is 2.92. The molecule has 0 saturated heterocycles. The maximum atomic E-state index is 5.01. The molecule has 104 valence electrons. The minimum Gasteiger partial charge on any atom is -0.277 e. The fourth-order valence-corrected chi connectivity index (χ4v) is 3.90. The van der Waals surface area contributed by atoms with Crippen LogP contribution in [0.25, 0.3) is 10.9 Å². The van der Waals surface area contributed by atoms with Crippen LogP contribution in [0.5, 0.6) is 0 Å². The Hall–Kier alpha value is -2.00. The summed E-state index contributed by atoms with van der Waals surface area (Å²) >= 11 is 1.79. The van der Waals surface area contributed by atoms with E-state index in [-0.39, 0.29) is 5.54 Å². The molecule has 1 aliphatic heterocycles. The van der Waals surface area contributed by atoms with Crippen LogP contribution in [0.1, 0.15) is 29.9 Å². The van der Waals surface area contributed by atoms with E-state index >= 15 is 0 Å². The summed E-state index contributed by atoms with van der Waals surface area (Å²) in [7, 11) is 0. The van der Waals surface area contributed by atoms with Gasteiger partial charge in [0.1, 0.15) is 0 Å². The number of aromatic nitrogens is 1. The summed E-state index contributed by atoms with van der Waals surface area (Å²) in [5.74, 6) is 0. The number of fused-ring (bicyclic) bond motifs is 2. The van der Waals surface area contributed by atoms with Crippen molar-refractivity contribution in [3.63, 3.8) is 0 Å². The first-order valence-corrected chi connectivity index (χ1v) is 8.02. The quantitative estimate of drug-likeness (QED) is 0.649. The van der Waals surface area contributed by atoms with Crippen LogP contribution >= 0.6 is 11.3 Å². The predicted molar refractivity (Wildman–Crippen MR) is 89.5 cm³/mol. The lowest BCUT2D eigenvalue weighted by Gasteiger charge is -2.27. The summed E-state index contributed by atoms with van der Waals surface area (Å²) in [6.45, 7) is 4.41. The molecule has 0 N–H and O–H groups in total. The fourth-order valence-electron chi connectivity index (χ4n) is 2.96. The van der Waals surface area contributed by atoms with Crippen molar-refractivity contribution in [1.29, 1.82) is 0 Å². The monoisotopic (exact) mass is 292 g/mol. The van der Waals surface area contributed by atoms with Crippen molar-refractivity contribution in [1.82, 2.24) is 4.98 Å². The number of thiophene rings is 1. The maximum Gasteiger partial charge on any atom is 0.0828 e. The zero-order valence-corrected chi connectivity index (χ0v) is 12.9. The van der Waals surface area contributed by atoms with E-state index in [1.807, 2.05) is 12.3 Å². The van der Waals surface area contributed by atoms with E-state index in [4.69, 9.17) is 4.99 Å². The molecule has 3 aromatic rings. The highest BCUT2D eigenvalue weighted by Crippen LogP contribution is 2.33. The lowest BCUT2D eigenvalue weighted by Crippen LogP contribution is -2.28. The molecule has 0 atom stereocenters. The first-order chi connectivity index (χ1) is 10.1. The van der Waals surface area contributed by atoms with Gasteiger partial charge in [-0.3, -0.25) is 9.98 Å². The molecular formula is C18H16N2S. The molecule has 0 saturated carbocycles. The number of rotatable bonds is 1. The van der Waals surface area contributed by atoms with Crippen LogP contribution in [-0.4, -0.2) is 16.2 Å². The Morgan fingerprint density at radius 1 is 1.14 bits per heavy atom. The lowest BCUT2D eigenvalue weighted by molar-refractivity contribution is 0.515. The molecular weight excluding hydrogens is 276 g/mol. The summed E-state index contributed by atoms with van der Waals surface area (Å²) in [4.78, 5) is 10.7. The highest BCUT2D eigenvalue weighted by atomic mass is 32.1. The number of nitrogens with zero attached hydrogens (tertiary/aromatic N) is 2. The van der Waals surface area contributed by atoms with Crippen LogP contribution < -0.4 is 0 Å². The Morgan fingerprint density at radius 2 is 2.05 bits per heavy atom. The van der Waals surface area contributed by atoms with E-state index < -0.39 is 0 Å². The molecule has 0 fully saturated rings. The maximum absolute atomic E-state index is 5.01. The minimum absolute atomic E-state index is 0.0344. The van der Waals surface area contributed by atoms with Crippen molar-refractivity contribution in [2.24, 2.45) is 4.99 Å². The van der Waals surface area contributed by atoms with Gasteiger partial charge in [0.05, 0.1) is 21.6 Å². The Morgan fingerprint density at radius 3 is 2.95 bits per heavy atom. The van der Waals surface area contributed by atoms with Crippen LogP contribution in [-0.2, 0) is 6.42 Å². The van der Waals surface area contributed by atoms with Crippen LogP contribution in [0.2, 0.25) is 0 Å². The van der Waals surface area contributed by atoms with Crippen molar-refractivity contribution in [3.05, 3.63) is 64.0 Å². The number of hydrogen-bond acceptors (Lipinski definition) is 3. The Balaban J connectivity index is 1.92. The molecule has 2 aromatic heterocycles. The molecule has 3 heteroatoms. The zero-order chi connectivity index (χ0) is 14.4. The van der Waals surface area contributed by atoms with Crippen LogP contribution in [0.3, 0.4) is 0 Å². The average molecular weight is 292 g/mol. The van der Waals surface area contributed by atoms with Gasteiger partial charge in [-0.2, -0.15) is 0 Å². The Bertz CT molecular complexity index is 858. The highest BCUT2D eigenvalue weighted by Gasteiger charge is 2.28. The third-order valence-corrected chi connectivity index (χ3v) is 4.84. The van der Waals surface area contributed by atoms with Crippen LogP contribution in [0, 0.1) is 0 Å². The van der Waals surface area contributed by atoms with Gasteiger partial charge in [-0.15, -0.1) is 11.3 Å². The van der Waals surface area contributed by atoms with E-state index in [0.717, 1.165) is 17.6 Å². The largest absolute Gasteiger partial charge is 0.277 e. The van der Waals surface area contributed by atoms with Gasteiger partial charge in [0.2, 0.25) is 0 Å². The molecule has 3 heterocycles. The third kappa shape index (κ3) is 2.18. The number of benzene rings is 1. The molecule has 0 spiro atoms. The van der Waals surface area contributed by atoms with Gasteiger partial charge < -0.3 is 0 Å². The number of hydrogen-bond donors (Lipinski definition) is 0. The molecule has 21 heavy (non-hydrogen) atoms. The van der Waals surface area contributed by atoms with Crippen LogP contribution in [0.4, 0.5) is 0 Å². The van der Waals surface area contributed by atoms with Gasteiger partial charge >= 0.3 is 0 Å². The van der Waals surface area contributed by atoms with Gasteiger partial charge in [0, 0.05) is 17.1 Å². The van der Waals surface area contributed by atoms with Crippen molar-refractivity contribution in [2.75, 3.05) is 0 Å². The molecule has 0 radical (unpaired) electrons. The molecule has 0 amide bonds. The summed E-state index contributed by atoms with van der Waals surface area (Å²) in [6.07, 6.45) is 2.85. The van der Waals surface area contributed by atoms with Crippen molar-refractivity contribution >= 4 is 28.0 Å². The minimum atomic E-state index is -0.0344. The molecule has 0 unspecified atom stereocenters.